The van der Waals surface area contributed by atoms with Crippen LogP contribution in [0.1, 0.15) is 18.2 Å². The lowest BCUT2D eigenvalue weighted by atomic mass is 10.0. The molecule has 0 unspecified atom stereocenters. The lowest BCUT2D eigenvalue weighted by Gasteiger charge is -2.37. The number of amides is 1. The Balaban J connectivity index is 2.06. The number of carbonyl (C=O) groups is 2. The molecule has 1 aromatic heterocycles. The van der Waals surface area contributed by atoms with E-state index >= 15 is 0 Å². The summed E-state index contributed by atoms with van der Waals surface area (Å²) in [6, 6.07) is 7.97. The number of aromatic nitrogens is 1. The first-order chi connectivity index (χ1) is 12.0. The zero-order valence-corrected chi connectivity index (χ0v) is 14.9. The summed E-state index contributed by atoms with van der Waals surface area (Å²) in [5.41, 5.74) is 3.70. The maximum Gasteiger partial charge on any atom is 0.310 e. The normalized spacial score (nSPS) is 14.7. The predicted molar refractivity (Wildman–Crippen MR) is 96.7 cm³/mol. The third kappa shape index (κ3) is 3.43. The summed E-state index contributed by atoms with van der Waals surface area (Å²) in [7, 11) is 1.40. The van der Waals surface area contributed by atoms with Crippen molar-refractivity contribution in [2.45, 2.75) is 20.3 Å². The summed E-state index contributed by atoms with van der Waals surface area (Å²) >= 11 is 0. The Morgan fingerprint density at radius 2 is 1.84 bits per heavy atom. The minimum absolute atomic E-state index is 0.102. The molecule has 3 rings (SSSR count). The molecule has 1 aliphatic heterocycles. The van der Waals surface area contributed by atoms with Gasteiger partial charge in [-0.05, 0) is 13.0 Å². The zero-order chi connectivity index (χ0) is 18.0. The molecule has 0 spiro atoms. The van der Waals surface area contributed by atoms with Crippen LogP contribution in [0.2, 0.25) is 0 Å². The fourth-order valence-corrected chi connectivity index (χ4v) is 3.39. The van der Waals surface area contributed by atoms with Gasteiger partial charge in [0.1, 0.15) is 0 Å². The maximum atomic E-state index is 11.9. The van der Waals surface area contributed by atoms with Crippen LogP contribution in [0.15, 0.2) is 24.3 Å². The summed E-state index contributed by atoms with van der Waals surface area (Å²) in [4.78, 5) is 32.3. The van der Waals surface area contributed by atoms with Crippen LogP contribution in [0.3, 0.4) is 0 Å². The summed E-state index contributed by atoms with van der Waals surface area (Å²) in [6.45, 7) is 6.37. The van der Waals surface area contributed by atoms with E-state index in [1.165, 1.54) is 7.11 Å². The average molecular weight is 341 g/mol. The van der Waals surface area contributed by atoms with Crippen molar-refractivity contribution in [3.63, 3.8) is 0 Å². The number of benzene rings is 1. The summed E-state index contributed by atoms with van der Waals surface area (Å²) in [6.07, 6.45) is 0.197. The number of hydrogen-bond acceptors (Lipinski definition) is 5. The Morgan fingerprint density at radius 1 is 1.16 bits per heavy atom. The fraction of sp³-hybridized carbons (Fsp3) is 0.421. The van der Waals surface area contributed by atoms with Gasteiger partial charge in [-0.25, -0.2) is 0 Å². The molecular weight excluding hydrogens is 318 g/mol. The molecule has 1 fully saturated rings. The second kappa shape index (κ2) is 7.09. The van der Waals surface area contributed by atoms with Crippen molar-refractivity contribution in [2.75, 3.05) is 38.2 Å². The lowest BCUT2D eigenvalue weighted by molar-refractivity contribution is -0.139. The van der Waals surface area contributed by atoms with Gasteiger partial charge >= 0.3 is 5.97 Å². The molecule has 0 N–H and O–H groups in total. The van der Waals surface area contributed by atoms with Gasteiger partial charge in [0.2, 0.25) is 5.91 Å². The quantitative estimate of drug-likeness (QED) is 0.798. The van der Waals surface area contributed by atoms with E-state index in [4.69, 9.17) is 4.74 Å². The molecule has 0 radical (unpaired) electrons. The van der Waals surface area contributed by atoms with Crippen molar-refractivity contribution in [2.24, 2.45) is 0 Å². The molecule has 1 aliphatic rings. The van der Waals surface area contributed by atoms with Gasteiger partial charge in [0.25, 0.3) is 0 Å². The second-order valence-electron chi connectivity index (χ2n) is 6.29. The molecule has 1 amide bonds. The number of aryl methyl sites for hydroxylation is 1. The van der Waals surface area contributed by atoms with Gasteiger partial charge in [0.15, 0.2) is 0 Å². The first-order valence-electron chi connectivity index (χ1n) is 8.46. The Morgan fingerprint density at radius 3 is 2.48 bits per heavy atom. The number of methoxy groups -OCH3 is 1. The first-order valence-corrected chi connectivity index (χ1v) is 8.46. The van der Waals surface area contributed by atoms with Crippen LogP contribution >= 0.6 is 0 Å². The minimum Gasteiger partial charge on any atom is -0.469 e. The molecule has 6 heteroatoms. The highest BCUT2D eigenvalue weighted by molar-refractivity contribution is 5.95. The van der Waals surface area contributed by atoms with Crippen molar-refractivity contribution in [1.82, 2.24) is 9.88 Å². The van der Waals surface area contributed by atoms with E-state index in [0.717, 1.165) is 40.9 Å². The predicted octanol–water partition coefficient (Wildman–Crippen LogP) is 1.93. The molecule has 2 heterocycles. The molecule has 1 aromatic carbocycles. The van der Waals surface area contributed by atoms with Gasteiger partial charge in [0.05, 0.1) is 24.7 Å². The van der Waals surface area contributed by atoms with Crippen LogP contribution in [0, 0.1) is 6.92 Å². The van der Waals surface area contributed by atoms with Gasteiger partial charge in [0, 0.05) is 49.7 Å². The molecular formula is C19H23N3O3. The Hall–Kier alpha value is -2.63. The van der Waals surface area contributed by atoms with Crippen LogP contribution in [0.25, 0.3) is 10.9 Å². The van der Waals surface area contributed by atoms with Crippen molar-refractivity contribution >= 4 is 28.5 Å². The van der Waals surface area contributed by atoms with Crippen LogP contribution in [0.5, 0.6) is 0 Å². The highest BCUT2D eigenvalue weighted by atomic mass is 16.5. The zero-order valence-electron chi connectivity index (χ0n) is 14.9. The highest BCUT2D eigenvalue weighted by Gasteiger charge is 2.24. The van der Waals surface area contributed by atoms with E-state index in [1.807, 2.05) is 36.1 Å². The van der Waals surface area contributed by atoms with Gasteiger partial charge in [-0.1, -0.05) is 18.2 Å². The van der Waals surface area contributed by atoms with E-state index in [2.05, 4.69) is 9.88 Å². The second-order valence-corrected chi connectivity index (χ2v) is 6.29. The number of anilines is 1. The lowest BCUT2D eigenvalue weighted by Crippen LogP contribution is -2.48. The van der Waals surface area contributed by atoms with Crippen LogP contribution in [-0.4, -0.2) is 55.0 Å². The molecule has 2 aromatic rings. The number of para-hydroxylation sites is 1. The van der Waals surface area contributed by atoms with Crippen LogP contribution in [-0.2, 0) is 20.7 Å². The van der Waals surface area contributed by atoms with Crippen molar-refractivity contribution in [3.05, 3.63) is 35.5 Å². The smallest absolute Gasteiger partial charge is 0.310 e. The molecule has 1 saturated heterocycles. The number of carbonyl (C=O) groups excluding carboxylic acids is 2. The van der Waals surface area contributed by atoms with Crippen molar-refractivity contribution in [3.8, 4) is 0 Å². The molecule has 0 aliphatic carbocycles. The van der Waals surface area contributed by atoms with Gasteiger partial charge < -0.3 is 14.5 Å². The van der Waals surface area contributed by atoms with E-state index in [0.29, 0.717) is 13.1 Å². The molecule has 0 saturated carbocycles. The van der Waals surface area contributed by atoms with Crippen molar-refractivity contribution in [1.29, 1.82) is 0 Å². The number of fused-ring (bicyclic) bond motifs is 1. The molecule has 25 heavy (non-hydrogen) atoms. The molecule has 132 valence electrons. The van der Waals surface area contributed by atoms with Gasteiger partial charge in [-0.2, -0.15) is 0 Å². The number of piperazine rings is 1. The number of hydrogen-bond donors (Lipinski definition) is 0. The minimum atomic E-state index is -0.274. The average Bonchev–Trinajstić information content (AvgIpc) is 2.62. The summed E-state index contributed by atoms with van der Waals surface area (Å²) in [5.74, 6) is -0.172. The Kier molecular flexibility index (Phi) is 4.88. The van der Waals surface area contributed by atoms with Gasteiger partial charge in [-0.3, -0.25) is 14.6 Å². The largest absolute Gasteiger partial charge is 0.469 e. The van der Waals surface area contributed by atoms with E-state index in [1.54, 1.807) is 6.92 Å². The summed E-state index contributed by atoms with van der Waals surface area (Å²) < 4.78 is 4.87. The Bertz CT molecular complexity index is 811. The molecule has 6 nitrogen and oxygen atoms in total. The fourth-order valence-electron chi connectivity index (χ4n) is 3.39. The molecule has 0 atom stereocenters. The SMILES string of the molecule is COC(=O)Cc1c(C)nc2ccccc2c1N1CCN(C(C)=O)CC1. The topological polar surface area (TPSA) is 62.7 Å². The number of ether oxygens (including phenoxy) is 1. The van der Waals surface area contributed by atoms with E-state index < -0.39 is 0 Å². The number of nitrogens with zero attached hydrogens (tertiary/aromatic N) is 3. The van der Waals surface area contributed by atoms with Gasteiger partial charge in [-0.15, -0.1) is 0 Å². The summed E-state index contributed by atoms with van der Waals surface area (Å²) in [5, 5.41) is 1.03. The monoisotopic (exact) mass is 341 g/mol. The van der Waals surface area contributed by atoms with Crippen LogP contribution < -0.4 is 4.90 Å². The number of rotatable bonds is 3. The first kappa shape index (κ1) is 17.2. The number of pyridine rings is 1. The maximum absolute atomic E-state index is 11.9. The highest BCUT2D eigenvalue weighted by Crippen LogP contribution is 2.33. The van der Waals surface area contributed by atoms with E-state index in [9.17, 15) is 9.59 Å². The standard InChI is InChI=1S/C19H23N3O3/c1-13-16(12-18(24)25-3)19(15-6-4-5-7-17(15)20-13)22-10-8-21(9-11-22)14(2)23/h4-7H,8-12H2,1-3H3. The number of esters is 1. The van der Waals surface area contributed by atoms with Crippen LogP contribution in [0.4, 0.5) is 5.69 Å². The third-order valence-electron chi connectivity index (χ3n) is 4.76. The molecule has 0 bridgehead atoms. The Labute approximate surface area is 147 Å². The van der Waals surface area contributed by atoms with Crippen molar-refractivity contribution < 1.29 is 14.3 Å². The van der Waals surface area contributed by atoms with E-state index in [-0.39, 0.29) is 18.3 Å². The third-order valence-corrected chi connectivity index (χ3v) is 4.76.